The first-order chi connectivity index (χ1) is 9.00. The van der Waals surface area contributed by atoms with Gasteiger partial charge in [0.05, 0.1) is 0 Å². The minimum Gasteiger partial charge on any atom is -0.396 e. The zero-order chi connectivity index (χ0) is 13.9. The van der Waals surface area contributed by atoms with E-state index >= 15 is 0 Å². The second kappa shape index (κ2) is 6.38. The van der Waals surface area contributed by atoms with Gasteiger partial charge >= 0.3 is 0 Å². The van der Waals surface area contributed by atoms with Crippen molar-refractivity contribution < 1.29 is 5.11 Å². The summed E-state index contributed by atoms with van der Waals surface area (Å²) < 4.78 is 1.17. The summed E-state index contributed by atoms with van der Waals surface area (Å²) in [4.78, 5) is 0. The monoisotopic (exact) mass is 325 g/mol. The molecule has 106 valence electrons. The van der Waals surface area contributed by atoms with Crippen molar-refractivity contribution in [3.8, 4) is 0 Å². The van der Waals surface area contributed by atoms with Crippen LogP contribution in [0.25, 0.3) is 0 Å². The van der Waals surface area contributed by atoms with Gasteiger partial charge in [-0.2, -0.15) is 0 Å². The maximum Gasteiger partial charge on any atom is 0.0436 e. The van der Waals surface area contributed by atoms with Crippen molar-refractivity contribution in [2.24, 2.45) is 5.41 Å². The van der Waals surface area contributed by atoms with E-state index in [1.165, 1.54) is 22.9 Å². The molecule has 0 saturated heterocycles. The summed E-state index contributed by atoms with van der Waals surface area (Å²) in [7, 11) is 0. The summed E-state index contributed by atoms with van der Waals surface area (Å²) in [6.45, 7) is 5.69. The molecule has 1 aromatic carbocycles. The summed E-state index contributed by atoms with van der Waals surface area (Å²) >= 11 is 3.53. The molecule has 0 atom stereocenters. The molecule has 3 heteroatoms. The molecule has 0 bridgehead atoms. The quantitative estimate of drug-likeness (QED) is 0.836. The van der Waals surface area contributed by atoms with Crippen molar-refractivity contribution in [3.05, 3.63) is 34.3 Å². The van der Waals surface area contributed by atoms with Gasteiger partial charge in [0, 0.05) is 23.7 Å². The standard InChI is InChI=1S/C16H24BrNO/c1-16(2,6-7-19)11-18-15-9-13(10-15)12-4-3-5-14(17)8-12/h3-5,8,13,15,18-19H,6-7,9-11H2,1-2H3. The maximum absolute atomic E-state index is 9.02. The highest BCUT2D eigenvalue weighted by molar-refractivity contribution is 9.10. The predicted molar refractivity (Wildman–Crippen MR) is 83.4 cm³/mol. The number of benzene rings is 1. The SMILES string of the molecule is CC(C)(CCO)CNC1CC(c2cccc(Br)c2)C1. The summed E-state index contributed by atoms with van der Waals surface area (Å²) in [5, 5.41) is 12.7. The predicted octanol–water partition coefficient (Wildman–Crippen LogP) is 3.69. The van der Waals surface area contributed by atoms with Crippen LogP contribution in [-0.2, 0) is 0 Å². The van der Waals surface area contributed by atoms with Gasteiger partial charge in [0.2, 0.25) is 0 Å². The van der Waals surface area contributed by atoms with E-state index in [0.717, 1.165) is 13.0 Å². The number of aliphatic hydroxyl groups is 1. The number of nitrogens with one attached hydrogen (secondary N) is 1. The van der Waals surface area contributed by atoms with Gasteiger partial charge in [-0.05, 0) is 48.3 Å². The Morgan fingerprint density at radius 1 is 1.37 bits per heavy atom. The van der Waals surface area contributed by atoms with E-state index in [1.807, 2.05) is 0 Å². The van der Waals surface area contributed by atoms with Gasteiger partial charge in [-0.15, -0.1) is 0 Å². The Hall–Kier alpha value is -0.380. The molecule has 1 aliphatic rings. The average Bonchev–Trinajstić information content (AvgIpc) is 2.26. The first-order valence-corrected chi connectivity index (χ1v) is 7.89. The molecule has 0 aromatic heterocycles. The van der Waals surface area contributed by atoms with Gasteiger partial charge in [0.25, 0.3) is 0 Å². The fourth-order valence-electron chi connectivity index (χ4n) is 2.63. The lowest BCUT2D eigenvalue weighted by Gasteiger charge is -2.38. The van der Waals surface area contributed by atoms with Crippen molar-refractivity contribution in [2.75, 3.05) is 13.2 Å². The Labute approximate surface area is 124 Å². The van der Waals surface area contributed by atoms with Gasteiger partial charge in [-0.3, -0.25) is 0 Å². The van der Waals surface area contributed by atoms with Crippen LogP contribution in [0.1, 0.15) is 44.6 Å². The van der Waals surface area contributed by atoms with Crippen LogP contribution in [0.5, 0.6) is 0 Å². The third kappa shape index (κ3) is 4.30. The number of halogens is 1. The van der Waals surface area contributed by atoms with Gasteiger partial charge in [0.1, 0.15) is 0 Å². The molecular weight excluding hydrogens is 302 g/mol. The van der Waals surface area contributed by atoms with Crippen LogP contribution in [0.3, 0.4) is 0 Å². The van der Waals surface area contributed by atoms with E-state index in [9.17, 15) is 0 Å². The summed E-state index contributed by atoms with van der Waals surface area (Å²) in [5.74, 6) is 0.705. The molecule has 0 aliphatic heterocycles. The molecule has 0 unspecified atom stereocenters. The molecule has 1 fully saturated rings. The lowest BCUT2D eigenvalue weighted by atomic mass is 9.75. The molecule has 1 saturated carbocycles. The molecule has 19 heavy (non-hydrogen) atoms. The molecular formula is C16H24BrNO. The van der Waals surface area contributed by atoms with Crippen LogP contribution >= 0.6 is 15.9 Å². The maximum atomic E-state index is 9.02. The van der Waals surface area contributed by atoms with Crippen molar-refractivity contribution in [1.82, 2.24) is 5.32 Å². The minimum atomic E-state index is 0.190. The Bertz CT molecular complexity index is 413. The van der Waals surface area contributed by atoms with E-state index in [0.29, 0.717) is 12.0 Å². The third-order valence-electron chi connectivity index (χ3n) is 4.12. The van der Waals surface area contributed by atoms with Crippen LogP contribution < -0.4 is 5.32 Å². The van der Waals surface area contributed by atoms with Crippen LogP contribution in [-0.4, -0.2) is 24.3 Å². The molecule has 0 spiro atoms. The fourth-order valence-corrected chi connectivity index (χ4v) is 3.05. The topological polar surface area (TPSA) is 32.3 Å². The highest BCUT2D eigenvalue weighted by Gasteiger charge is 2.31. The summed E-state index contributed by atoms with van der Waals surface area (Å²) in [6, 6.07) is 9.29. The van der Waals surface area contributed by atoms with Crippen molar-refractivity contribution in [2.45, 2.75) is 45.1 Å². The Morgan fingerprint density at radius 3 is 2.74 bits per heavy atom. The van der Waals surface area contributed by atoms with Gasteiger partial charge in [0.15, 0.2) is 0 Å². The normalized spacial score (nSPS) is 23.2. The molecule has 1 aromatic rings. The van der Waals surface area contributed by atoms with Crippen molar-refractivity contribution >= 4 is 15.9 Å². The molecule has 2 N–H and O–H groups in total. The van der Waals surface area contributed by atoms with E-state index < -0.39 is 0 Å². The second-order valence-electron chi connectivity index (χ2n) is 6.44. The lowest BCUT2D eigenvalue weighted by Crippen LogP contribution is -2.44. The van der Waals surface area contributed by atoms with Gasteiger partial charge in [-0.25, -0.2) is 0 Å². The Kier molecular flexibility index (Phi) is 5.04. The molecule has 2 rings (SSSR count). The van der Waals surface area contributed by atoms with Crippen LogP contribution in [0, 0.1) is 5.41 Å². The number of hydrogen-bond acceptors (Lipinski definition) is 2. The number of rotatable bonds is 6. The molecule has 0 amide bonds. The second-order valence-corrected chi connectivity index (χ2v) is 7.35. The Balaban J connectivity index is 1.75. The smallest absolute Gasteiger partial charge is 0.0436 e. The largest absolute Gasteiger partial charge is 0.396 e. The molecule has 2 nitrogen and oxygen atoms in total. The van der Waals surface area contributed by atoms with Gasteiger partial charge in [-0.1, -0.05) is 41.9 Å². The Morgan fingerprint density at radius 2 is 2.11 bits per heavy atom. The minimum absolute atomic E-state index is 0.190. The van der Waals surface area contributed by atoms with Crippen LogP contribution in [0.2, 0.25) is 0 Å². The fraction of sp³-hybridized carbons (Fsp3) is 0.625. The first kappa shape index (κ1) is 15.0. The van der Waals surface area contributed by atoms with Crippen LogP contribution in [0.15, 0.2) is 28.7 Å². The lowest BCUT2D eigenvalue weighted by molar-refractivity contribution is 0.187. The molecule has 0 radical (unpaired) electrons. The van der Waals surface area contributed by atoms with Crippen LogP contribution in [0.4, 0.5) is 0 Å². The number of aliphatic hydroxyl groups excluding tert-OH is 1. The zero-order valence-electron chi connectivity index (χ0n) is 11.8. The van der Waals surface area contributed by atoms with E-state index in [4.69, 9.17) is 5.11 Å². The molecule has 0 heterocycles. The zero-order valence-corrected chi connectivity index (χ0v) is 13.4. The van der Waals surface area contributed by atoms with Gasteiger partial charge < -0.3 is 10.4 Å². The highest BCUT2D eigenvalue weighted by atomic mass is 79.9. The van der Waals surface area contributed by atoms with E-state index in [-0.39, 0.29) is 12.0 Å². The van der Waals surface area contributed by atoms with Crippen molar-refractivity contribution in [3.63, 3.8) is 0 Å². The van der Waals surface area contributed by atoms with E-state index in [1.54, 1.807) is 0 Å². The average molecular weight is 326 g/mol. The van der Waals surface area contributed by atoms with Crippen molar-refractivity contribution in [1.29, 1.82) is 0 Å². The first-order valence-electron chi connectivity index (χ1n) is 7.10. The molecule has 1 aliphatic carbocycles. The third-order valence-corrected chi connectivity index (χ3v) is 4.61. The summed E-state index contributed by atoms with van der Waals surface area (Å²) in [6.07, 6.45) is 3.32. The highest BCUT2D eigenvalue weighted by Crippen LogP contribution is 2.38. The summed E-state index contributed by atoms with van der Waals surface area (Å²) in [5.41, 5.74) is 1.64. The van der Waals surface area contributed by atoms with E-state index in [2.05, 4.69) is 59.4 Å². The number of hydrogen-bond donors (Lipinski definition) is 2.